The van der Waals surface area contributed by atoms with Crippen LogP contribution in [0.25, 0.3) is 66.6 Å². The summed E-state index contributed by atoms with van der Waals surface area (Å²) in [6, 6.07) is 51.3. The summed E-state index contributed by atoms with van der Waals surface area (Å²) in [5.41, 5.74) is 19.2. The molecule has 51 heavy (non-hydrogen) atoms. The second-order valence-electron chi connectivity index (χ2n) is 13.3. The summed E-state index contributed by atoms with van der Waals surface area (Å²) < 4.78 is 0. The fourth-order valence-electron chi connectivity index (χ4n) is 6.82. The molecule has 6 aromatic carbocycles. The maximum atomic E-state index is 5.06. The van der Waals surface area contributed by atoms with E-state index in [1.807, 2.05) is 0 Å². The summed E-state index contributed by atoms with van der Waals surface area (Å²) in [5.74, 6) is 0. The van der Waals surface area contributed by atoms with Crippen LogP contribution in [0.4, 0.5) is 0 Å². The first-order chi connectivity index (χ1) is 24.3. The summed E-state index contributed by atoms with van der Waals surface area (Å²) >= 11 is 0. The molecule has 8 rings (SSSR count). The zero-order chi connectivity index (χ0) is 34.8. The van der Waals surface area contributed by atoms with Crippen molar-refractivity contribution < 1.29 is 20.1 Å². The van der Waals surface area contributed by atoms with Crippen LogP contribution in [0.1, 0.15) is 33.4 Å². The Morgan fingerprint density at radius 1 is 0.314 bits per heavy atom. The minimum absolute atomic E-state index is 0. The van der Waals surface area contributed by atoms with Gasteiger partial charge in [-0.05, 0) is 110 Å². The summed E-state index contributed by atoms with van der Waals surface area (Å²) in [6.45, 7) is 13.0. The van der Waals surface area contributed by atoms with Crippen molar-refractivity contribution in [3.05, 3.63) is 179 Å². The van der Waals surface area contributed by atoms with E-state index in [0.29, 0.717) is 0 Å². The summed E-state index contributed by atoms with van der Waals surface area (Å²) in [7, 11) is 0. The molecule has 0 bridgehead atoms. The van der Waals surface area contributed by atoms with Gasteiger partial charge in [-0.2, -0.15) is 0 Å². The number of pyridine rings is 2. The number of para-hydroxylation sites is 2. The Labute approximate surface area is 315 Å². The zero-order valence-corrected chi connectivity index (χ0v) is 32.5. The average Bonchev–Trinajstić information content (AvgIpc) is 3.14. The minimum Gasteiger partial charge on any atom is -0.247 e. The molecule has 8 aromatic rings. The van der Waals surface area contributed by atoms with Crippen LogP contribution in [-0.4, -0.2) is 9.97 Å². The molecule has 0 unspecified atom stereocenters. The molecule has 0 aliphatic rings. The molecule has 0 spiro atoms. The van der Waals surface area contributed by atoms with Crippen molar-refractivity contribution in [2.24, 2.45) is 0 Å². The second kappa shape index (κ2) is 15.4. The number of fused-ring (bicyclic) bond motifs is 2. The third kappa shape index (κ3) is 7.19. The van der Waals surface area contributed by atoms with E-state index in [0.717, 1.165) is 22.4 Å². The quantitative estimate of drug-likeness (QED) is 0.176. The third-order valence-electron chi connectivity index (χ3n) is 10.0. The molecule has 0 aliphatic heterocycles. The van der Waals surface area contributed by atoms with Crippen LogP contribution in [0.15, 0.2) is 146 Å². The fraction of sp³-hybridized carbons (Fsp3) is 0.125. The zero-order valence-electron chi connectivity index (χ0n) is 30.1. The van der Waals surface area contributed by atoms with E-state index in [1.165, 1.54) is 77.5 Å². The first-order valence-electron chi connectivity index (χ1n) is 17.3. The molecule has 2 nitrogen and oxygen atoms in total. The predicted molar refractivity (Wildman–Crippen MR) is 214 cm³/mol. The van der Waals surface area contributed by atoms with E-state index >= 15 is 0 Å². The summed E-state index contributed by atoms with van der Waals surface area (Å²) in [5, 5.41) is 2.35. The molecule has 0 atom stereocenters. The van der Waals surface area contributed by atoms with Crippen molar-refractivity contribution in [2.75, 3.05) is 0 Å². The van der Waals surface area contributed by atoms with Crippen LogP contribution in [-0.2, 0) is 20.1 Å². The Morgan fingerprint density at radius 3 is 1.06 bits per heavy atom. The van der Waals surface area contributed by atoms with Crippen molar-refractivity contribution >= 4 is 21.8 Å². The van der Waals surface area contributed by atoms with Gasteiger partial charge in [-0.3, -0.25) is 0 Å². The molecule has 0 saturated carbocycles. The standard InChI is InChI=1S/2C24H21N.Ir/c2*1-16-10-8-13-21(18(16)3)24-22(20-12-6-4-9-17(20)2)15-19-11-5-7-14-23(19)25-24;/h2*4-15H,1-3H3;/q;;+3. The van der Waals surface area contributed by atoms with Crippen molar-refractivity contribution in [1.82, 2.24) is 9.97 Å². The van der Waals surface area contributed by atoms with Crippen molar-refractivity contribution in [3.63, 3.8) is 0 Å². The van der Waals surface area contributed by atoms with Gasteiger partial charge in [-0.25, -0.2) is 9.97 Å². The van der Waals surface area contributed by atoms with E-state index in [-0.39, 0.29) is 20.1 Å². The number of rotatable bonds is 4. The van der Waals surface area contributed by atoms with Crippen LogP contribution in [0.2, 0.25) is 0 Å². The molecule has 0 fully saturated rings. The molecular formula is C48H42IrN2+3. The van der Waals surface area contributed by atoms with E-state index in [9.17, 15) is 0 Å². The Balaban J connectivity index is 0.000000172. The molecular weight excluding hydrogens is 797 g/mol. The molecule has 2 heterocycles. The van der Waals surface area contributed by atoms with Gasteiger partial charge in [-0.15, -0.1) is 0 Å². The van der Waals surface area contributed by atoms with Crippen molar-refractivity contribution in [3.8, 4) is 44.8 Å². The predicted octanol–water partition coefficient (Wildman–Crippen LogP) is 13.0. The largest absolute Gasteiger partial charge is 3.00 e. The number of benzene rings is 6. The first-order valence-corrected chi connectivity index (χ1v) is 17.3. The number of aromatic nitrogens is 2. The van der Waals surface area contributed by atoms with Gasteiger partial charge in [0.05, 0.1) is 22.4 Å². The smallest absolute Gasteiger partial charge is 0.247 e. The molecule has 0 amide bonds. The number of hydrogen-bond acceptors (Lipinski definition) is 2. The topological polar surface area (TPSA) is 25.8 Å². The maximum Gasteiger partial charge on any atom is 3.00 e. The molecule has 0 N–H and O–H groups in total. The van der Waals surface area contributed by atoms with Crippen LogP contribution in [0.3, 0.4) is 0 Å². The van der Waals surface area contributed by atoms with Gasteiger partial charge >= 0.3 is 20.1 Å². The molecule has 0 saturated heterocycles. The van der Waals surface area contributed by atoms with Crippen LogP contribution < -0.4 is 0 Å². The molecule has 0 aliphatic carbocycles. The van der Waals surface area contributed by atoms with Gasteiger partial charge in [0.15, 0.2) is 0 Å². The van der Waals surface area contributed by atoms with E-state index in [4.69, 9.17) is 9.97 Å². The van der Waals surface area contributed by atoms with Gasteiger partial charge in [-0.1, -0.05) is 121 Å². The van der Waals surface area contributed by atoms with E-state index in [2.05, 4.69) is 187 Å². The molecule has 3 heteroatoms. The summed E-state index contributed by atoms with van der Waals surface area (Å²) in [4.78, 5) is 10.1. The van der Waals surface area contributed by atoms with Gasteiger partial charge in [0.2, 0.25) is 0 Å². The van der Waals surface area contributed by atoms with E-state index < -0.39 is 0 Å². The average molecular weight is 839 g/mol. The Morgan fingerprint density at radius 2 is 0.647 bits per heavy atom. The molecule has 0 radical (unpaired) electrons. The number of nitrogens with zero attached hydrogens (tertiary/aromatic N) is 2. The van der Waals surface area contributed by atoms with Crippen LogP contribution >= 0.6 is 0 Å². The third-order valence-corrected chi connectivity index (χ3v) is 10.0. The van der Waals surface area contributed by atoms with Crippen molar-refractivity contribution in [2.45, 2.75) is 41.5 Å². The van der Waals surface area contributed by atoms with Gasteiger partial charge in [0.25, 0.3) is 0 Å². The minimum atomic E-state index is 0. The number of hydrogen-bond donors (Lipinski definition) is 0. The van der Waals surface area contributed by atoms with Crippen LogP contribution in [0.5, 0.6) is 0 Å². The Hall–Kier alpha value is -5.21. The SMILES string of the molecule is Cc1ccccc1-c1cc2ccccc2nc1-c1cccc(C)c1C.Cc1ccccc1-c1cc2ccccc2nc1-c1cccc(C)c1C.[Ir+3]. The molecule has 250 valence electrons. The number of aryl methyl sites for hydroxylation is 4. The second-order valence-corrected chi connectivity index (χ2v) is 13.3. The fourth-order valence-corrected chi connectivity index (χ4v) is 6.82. The van der Waals surface area contributed by atoms with Gasteiger partial charge in [0, 0.05) is 33.0 Å². The summed E-state index contributed by atoms with van der Waals surface area (Å²) in [6.07, 6.45) is 0. The van der Waals surface area contributed by atoms with E-state index in [1.54, 1.807) is 0 Å². The Kier molecular flexibility index (Phi) is 10.7. The molecule has 2 aromatic heterocycles. The monoisotopic (exact) mass is 839 g/mol. The maximum absolute atomic E-state index is 5.06. The first kappa shape index (κ1) is 35.6. The normalized spacial score (nSPS) is 10.8. The van der Waals surface area contributed by atoms with Crippen molar-refractivity contribution in [1.29, 1.82) is 0 Å². The van der Waals surface area contributed by atoms with Gasteiger partial charge in [0.1, 0.15) is 0 Å². The van der Waals surface area contributed by atoms with Gasteiger partial charge < -0.3 is 0 Å². The van der Waals surface area contributed by atoms with Crippen LogP contribution in [0, 0.1) is 41.5 Å². The Bertz CT molecular complexity index is 2340.